The van der Waals surface area contributed by atoms with Crippen LogP contribution in [-0.4, -0.2) is 9.55 Å². The fourth-order valence-corrected chi connectivity index (χ4v) is 11.0. The van der Waals surface area contributed by atoms with Crippen LogP contribution in [0.15, 0.2) is 216 Å². The Morgan fingerprint density at radius 1 is 0.386 bits per heavy atom. The van der Waals surface area contributed by atoms with Crippen LogP contribution in [0.1, 0.15) is 22.3 Å². The second-order valence-electron chi connectivity index (χ2n) is 15.0. The summed E-state index contributed by atoms with van der Waals surface area (Å²) in [5.41, 5.74) is 17.2. The van der Waals surface area contributed by atoms with Gasteiger partial charge in [-0.3, -0.25) is 0 Å². The van der Waals surface area contributed by atoms with E-state index in [2.05, 4.69) is 211 Å². The smallest absolute Gasteiger partial charge is 0.0736 e. The van der Waals surface area contributed by atoms with Gasteiger partial charge in [-0.25, -0.2) is 4.98 Å². The summed E-state index contributed by atoms with van der Waals surface area (Å²) in [5.74, 6) is 0. The van der Waals surface area contributed by atoms with Crippen molar-refractivity contribution >= 4 is 33.6 Å². The summed E-state index contributed by atoms with van der Waals surface area (Å²) in [5, 5.41) is 2.49. The largest absolute Gasteiger partial charge is 0.309 e. The lowest BCUT2D eigenvalue weighted by Crippen LogP contribution is -2.32. The molecule has 0 atom stereocenters. The topological polar surface area (TPSA) is 17.8 Å². The molecule has 10 aromatic rings. The first kappa shape index (κ1) is 32.3. The number of hydrogen-bond donors (Lipinski definition) is 0. The molecule has 8 aromatic carbocycles. The highest BCUT2D eigenvalue weighted by molar-refractivity contribution is 7.99. The predicted octanol–water partition coefficient (Wildman–Crippen LogP) is 14.0. The van der Waals surface area contributed by atoms with Gasteiger partial charge in [-0.2, -0.15) is 0 Å². The summed E-state index contributed by atoms with van der Waals surface area (Å²) in [6.07, 6.45) is 0. The van der Waals surface area contributed by atoms with Gasteiger partial charge >= 0.3 is 0 Å². The molecule has 3 heterocycles. The molecule has 0 amide bonds. The zero-order valence-corrected chi connectivity index (χ0v) is 31.7. The summed E-state index contributed by atoms with van der Waals surface area (Å²) >= 11 is 1.88. The van der Waals surface area contributed by atoms with Crippen LogP contribution in [0.4, 0.5) is 0 Å². The van der Waals surface area contributed by atoms with Crippen LogP contribution in [0.3, 0.4) is 0 Å². The standard InChI is InChI=1S/C54H34N2S/c1-3-17-35(18-4-1)37-31-48(36-19-5-2-6-20-36)55-49(32-37)43-33-38(56-50-28-14-9-23-41(50)42-24-10-15-29-51(42)56)34-47-53(43)57-52-30-16-13-27-46(52)54(47)44-25-11-7-21-39(44)40-22-8-12-26-45(40)54/h1-34H. The lowest BCUT2D eigenvalue weighted by molar-refractivity contribution is 0.722. The van der Waals surface area contributed by atoms with Crippen molar-refractivity contribution in [3.63, 3.8) is 0 Å². The third-order valence-electron chi connectivity index (χ3n) is 12.0. The fraction of sp³-hybridized carbons (Fsp3) is 0.0185. The number of para-hydroxylation sites is 2. The van der Waals surface area contributed by atoms with E-state index in [0.29, 0.717) is 0 Å². The van der Waals surface area contributed by atoms with Gasteiger partial charge in [0.05, 0.1) is 27.8 Å². The van der Waals surface area contributed by atoms with Crippen LogP contribution < -0.4 is 0 Å². The van der Waals surface area contributed by atoms with Gasteiger partial charge < -0.3 is 4.57 Å². The molecule has 12 rings (SSSR count). The quantitative estimate of drug-likeness (QED) is 0.179. The molecular formula is C54H34N2S. The molecule has 0 bridgehead atoms. The minimum absolute atomic E-state index is 0.548. The molecule has 1 aliphatic heterocycles. The van der Waals surface area contributed by atoms with Gasteiger partial charge in [-0.05, 0) is 87.0 Å². The summed E-state index contributed by atoms with van der Waals surface area (Å²) in [4.78, 5) is 8.10. The summed E-state index contributed by atoms with van der Waals surface area (Å²) < 4.78 is 2.47. The van der Waals surface area contributed by atoms with Crippen LogP contribution in [0, 0.1) is 0 Å². The third kappa shape index (κ3) is 4.70. The van der Waals surface area contributed by atoms with E-state index in [0.717, 1.165) is 33.8 Å². The first-order chi connectivity index (χ1) is 28.3. The Hall–Kier alpha value is -6.94. The lowest BCUT2D eigenvalue weighted by atomic mass is 9.67. The van der Waals surface area contributed by atoms with Crippen LogP contribution in [0.25, 0.3) is 72.3 Å². The minimum Gasteiger partial charge on any atom is -0.309 e. The third-order valence-corrected chi connectivity index (χ3v) is 13.3. The molecule has 0 radical (unpaired) electrons. The van der Waals surface area contributed by atoms with Gasteiger partial charge in [0, 0.05) is 37.4 Å². The van der Waals surface area contributed by atoms with Gasteiger partial charge in [0.25, 0.3) is 0 Å². The second-order valence-corrected chi connectivity index (χ2v) is 16.1. The van der Waals surface area contributed by atoms with Crippen molar-refractivity contribution in [3.05, 3.63) is 229 Å². The highest BCUT2D eigenvalue weighted by Crippen LogP contribution is 2.63. The van der Waals surface area contributed by atoms with Crippen molar-refractivity contribution in [3.8, 4) is 50.5 Å². The van der Waals surface area contributed by atoms with Crippen molar-refractivity contribution < 1.29 is 0 Å². The Kier molecular flexibility index (Phi) is 7.11. The lowest BCUT2D eigenvalue weighted by Gasteiger charge is -2.40. The maximum Gasteiger partial charge on any atom is 0.0736 e. The predicted molar refractivity (Wildman–Crippen MR) is 236 cm³/mol. The Morgan fingerprint density at radius 3 is 1.58 bits per heavy atom. The average Bonchev–Trinajstić information content (AvgIpc) is 3.78. The van der Waals surface area contributed by atoms with Gasteiger partial charge in [-0.15, -0.1) is 0 Å². The van der Waals surface area contributed by atoms with Gasteiger partial charge in [-0.1, -0.05) is 176 Å². The van der Waals surface area contributed by atoms with Crippen LogP contribution in [-0.2, 0) is 5.41 Å². The zero-order chi connectivity index (χ0) is 37.5. The molecule has 0 N–H and O–H groups in total. The molecule has 57 heavy (non-hydrogen) atoms. The van der Waals surface area contributed by atoms with Gasteiger partial charge in [0.1, 0.15) is 0 Å². The van der Waals surface area contributed by atoms with E-state index >= 15 is 0 Å². The summed E-state index contributed by atoms with van der Waals surface area (Å²) in [6.45, 7) is 0. The molecule has 0 fully saturated rings. The van der Waals surface area contributed by atoms with Crippen molar-refractivity contribution in [2.45, 2.75) is 15.2 Å². The van der Waals surface area contributed by atoms with Gasteiger partial charge in [0.15, 0.2) is 0 Å². The normalized spacial score (nSPS) is 13.3. The number of hydrogen-bond acceptors (Lipinski definition) is 2. The summed E-state index contributed by atoms with van der Waals surface area (Å²) in [7, 11) is 0. The van der Waals surface area contributed by atoms with Crippen molar-refractivity contribution in [1.29, 1.82) is 0 Å². The molecule has 0 saturated carbocycles. The molecular weight excluding hydrogens is 709 g/mol. The molecule has 1 spiro atoms. The second kappa shape index (κ2) is 12.5. The molecule has 2 aliphatic rings. The molecule has 2 nitrogen and oxygen atoms in total. The zero-order valence-electron chi connectivity index (χ0n) is 30.9. The minimum atomic E-state index is -0.548. The number of benzene rings is 8. The Bertz CT molecular complexity index is 3060. The van der Waals surface area contributed by atoms with E-state index in [9.17, 15) is 0 Å². The van der Waals surface area contributed by atoms with E-state index < -0.39 is 5.41 Å². The summed E-state index contributed by atoms with van der Waals surface area (Å²) in [6, 6.07) is 75.6. The number of aromatic nitrogens is 2. The molecule has 0 saturated heterocycles. The fourth-order valence-electron chi connectivity index (χ4n) is 9.68. The van der Waals surface area contributed by atoms with Crippen molar-refractivity contribution in [2.24, 2.45) is 0 Å². The van der Waals surface area contributed by atoms with E-state index in [1.165, 1.54) is 70.5 Å². The SMILES string of the molecule is c1ccc(-c2cc(-c3ccccc3)nc(-c3cc(-n4c5ccccc5c5ccccc54)cc4c3Sc3ccccc3C43c4ccccc4-c4ccccc43)c2)cc1. The first-order valence-electron chi connectivity index (χ1n) is 19.5. The average molecular weight is 743 g/mol. The Morgan fingerprint density at radius 2 is 0.912 bits per heavy atom. The monoisotopic (exact) mass is 742 g/mol. The number of nitrogens with zero attached hydrogens (tertiary/aromatic N) is 2. The van der Waals surface area contributed by atoms with E-state index in [1.807, 2.05) is 11.8 Å². The van der Waals surface area contributed by atoms with Crippen LogP contribution in [0.5, 0.6) is 0 Å². The molecule has 0 unspecified atom stereocenters. The first-order valence-corrected chi connectivity index (χ1v) is 20.4. The Balaban J connectivity index is 1.26. The van der Waals surface area contributed by atoms with E-state index in [4.69, 9.17) is 4.98 Å². The van der Waals surface area contributed by atoms with Gasteiger partial charge in [0.2, 0.25) is 0 Å². The molecule has 266 valence electrons. The maximum absolute atomic E-state index is 5.59. The highest BCUT2D eigenvalue weighted by atomic mass is 32.2. The molecule has 2 aromatic heterocycles. The molecule has 3 heteroatoms. The van der Waals surface area contributed by atoms with Crippen molar-refractivity contribution in [1.82, 2.24) is 9.55 Å². The van der Waals surface area contributed by atoms with Crippen LogP contribution >= 0.6 is 11.8 Å². The van der Waals surface area contributed by atoms with E-state index in [-0.39, 0.29) is 0 Å². The van der Waals surface area contributed by atoms with Crippen LogP contribution in [0.2, 0.25) is 0 Å². The Labute approximate surface area is 335 Å². The molecule has 1 aliphatic carbocycles. The van der Waals surface area contributed by atoms with E-state index in [1.54, 1.807) is 0 Å². The maximum atomic E-state index is 5.59. The van der Waals surface area contributed by atoms with Crippen molar-refractivity contribution in [2.75, 3.05) is 0 Å². The highest BCUT2D eigenvalue weighted by Gasteiger charge is 2.51. The number of pyridine rings is 1. The number of fused-ring (bicyclic) bond motifs is 12. The number of rotatable bonds is 4.